The van der Waals surface area contributed by atoms with E-state index in [0.29, 0.717) is 0 Å². The predicted molar refractivity (Wildman–Crippen MR) is 274 cm³/mol. The van der Waals surface area contributed by atoms with Crippen molar-refractivity contribution in [1.29, 1.82) is 0 Å². The van der Waals surface area contributed by atoms with E-state index in [1.165, 1.54) is 9.80 Å². The highest BCUT2D eigenvalue weighted by molar-refractivity contribution is 5.98. The van der Waals surface area contributed by atoms with Gasteiger partial charge >= 0.3 is 0 Å². The van der Waals surface area contributed by atoms with E-state index in [9.17, 15) is 38.4 Å². The van der Waals surface area contributed by atoms with Crippen molar-refractivity contribution in [2.24, 2.45) is 10.8 Å². The molecule has 0 aromatic heterocycles. The van der Waals surface area contributed by atoms with Gasteiger partial charge in [0.25, 0.3) is 0 Å². The maximum atomic E-state index is 14.6. The number of rotatable bonds is 16. The van der Waals surface area contributed by atoms with Crippen molar-refractivity contribution in [3.63, 3.8) is 0 Å². The Bertz CT molecular complexity index is 2210. The number of fused-ring (bicyclic) bond motifs is 2. The van der Waals surface area contributed by atoms with Crippen molar-refractivity contribution in [1.82, 2.24) is 52.3 Å². The van der Waals surface area contributed by atoms with Gasteiger partial charge in [0.2, 0.25) is 47.3 Å². The summed E-state index contributed by atoms with van der Waals surface area (Å²) < 4.78 is 0. The van der Waals surface area contributed by atoms with Gasteiger partial charge in [-0.1, -0.05) is 90.1 Å². The molecule has 72 heavy (non-hydrogen) atoms. The highest BCUT2D eigenvalue weighted by Crippen LogP contribution is 2.33. The Morgan fingerprint density at radius 3 is 1.26 bits per heavy atom. The molecule has 0 saturated carbocycles. The van der Waals surface area contributed by atoms with Crippen LogP contribution in [0.5, 0.6) is 0 Å². The summed E-state index contributed by atoms with van der Waals surface area (Å²) in [5.74, 6) is -3.70. The zero-order valence-corrected chi connectivity index (χ0v) is 43.8. The zero-order valence-electron chi connectivity index (χ0n) is 43.8. The second kappa shape index (κ2) is 23.6. The molecule has 18 nitrogen and oxygen atoms in total. The average molecular weight is 995 g/mol. The number of aryl methyl sites for hydroxylation is 2. The van der Waals surface area contributed by atoms with E-state index in [4.69, 9.17) is 0 Å². The van der Waals surface area contributed by atoms with Gasteiger partial charge < -0.3 is 52.3 Å². The minimum absolute atomic E-state index is 0.0281. The van der Waals surface area contributed by atoms with Gasteiger partial charge in [-0.05, 0) is 112 Å². The lowest BCUT2D eigenvalue weighted by Crippen LogP contribution is -2.59. The molecule has 0 bridgehead atoms. The van der Waals surface area contributed by atoms with Crippen LogP contribution in [-0.2, 0) is 51.2 Å². The highest BCUT2D eigenvalue weighted by atomic mass is 16.2. The van der Waals surface area contributed by atoms with Crippen molar-refractivity contribution in [2.45, 2.75) is 167 Å². The summed E-state index contributed by atoms with van der Waals surface area (Å²) in [4.78, 5) is 114. The Morgan fingerprint density at radius 1 is 0.556 bits per heavy atom. The first-order chi connectivity index (χ1) is 34.0. The smallest absolute Gasteiger partial charge is 0.246 e. The lowest BCUT2D eigenvalue weighted by molar-refractivity contribution is -0.144. The Hall–Kier alpha value is -6.14. The molecule has 6 rings (SSSR count). The summed E-state index contributed by atoms with van der Waals surface area (Å²) in [6.07, 6.45) is 7.32. The molecule has 8 N–H and O–H groups in total. The SMILES string of the molecule is CN[C@@H](C)C(=O)N[C@H](C(=O)N1C[C@@H](NC(=O)/C=C/C(=O)N[C@H]2C[C@@H](C(=O)N[C@@H]3CCCc4ccccc43)N(C(=O)[C@@H](NC(=O)[C@H](C)NC)C(C)(C)C)C2)C[C@H]1C(=O)N[C@@H]1CCCc2ccccc21)C(C)(C)C. The van der Waals surface area contributed by atoms with Crippen molar-refractivity contribution in [3.8, 4) is 0 Å². The third kappa shape index (κ3) is 13.5. The summed E-state index contributed by atoms with van der Waals surface area (Å²) >= 11 is 0. The van der Waals surface area contributed by atoms with E-state index in [0.717, 1.165) is 72.9 Å². The van der Waals surface area contributed by atoms with Crippen LogP contribution in [0.25, 0.3) is 0 Å². The number of likely N-dealkylation sites (N-methyl/N-ethyl adjacent to an activating group) is 2. The summed E-state index contributed by atoms with van der Waals surface area (Å²) in [6, 6.07) is 8.91. The quantitative estimate of drug-likeness (QED) is 0.114. The van der Waals surface area contributed by atoms with Crippen LogP contribution < -0.4 is 42.5 Å². The molecule has 8 amide bonds. The van der Waals surface area contributed by atoms with E-state index < -0.39 is 82.8 Å². The number of nitrogens with zero attached hydrogens (tertiary/aromatic N) is 2. The van der Waals surface area contributed by atoms with Crippen LogP contribution in [0.15, 0.2) is 60.7 Å². The minimum atomic E-state index is -0.999. The molecule has 2 heterocycles. The molecule has 4 aliphatic rings. The lowest BCUT2D eigenvalue weighted by atomic mass is 9.85. The molecule has 2 aliphatic heterocycles. The Morgan fingerprint density at radius 2 is 0.917 bits per heavy atom. The predicted octanol–water partition coefficient (Wildman–Crippen LogP) is 2.38. The number of benzene rings is 2. The molecule has 0 radical (unpaired) electrons. The Balaban J connectivity index is 1.17. The standard InChI is InChI=1S/C54H78N10O8/c1-31(55-9)47(67)61-45(53(3,4)5)51(71)63-29-35(27-41(63)49(69)59-39-23-15-19-33-17-11-13-21-37(33)39)57-43(65)25-26-44(66)58-36-28-42(50(70)60-40-24-16-20-34-18-12-14-22-38(34)40)64(30-36)52(72)46(54(6,7)8)62-48(68)32(2)56-10/h11-14,17-18,21-22,25-26,31-32,35-36,39-42,45-46,55-56H,15-16,19-20,23-24,27-30H2,1-10H3,(H,57,65)(H,58,66)(H,59,69)(H,60,70)(H,61,67)(H,62,68)/b26-25+/t31-,32-,35-,36-,39+,40+,41-,42-,45+,46+/m0/s1. The minimum Gasteiger partial charge on any atom is -0.348 e. The third-order valence-electron chi connectivity index (χ3n) is 14.7. The van der Waals surface area contributed by atoms with Gasteiger partial charge in [0, 0.05) is 37.3 Å². The van der Waals surface area contributed by atoms with Crippen molar-refractivity contribution < 1.29 is 38.4 Å². The molecule has 10 atom stereocenters. The number of hydrogen-bond donors (Lipinski definition) is 8. The normalized spacial score (nSPS) is 23.6. The number of hydrogen-bond acceptors (Lipinski definition) is 10. The monoisotopic (exact) mass is 995 g/mol. The van der Waals surface area contributed by atoms with Crippen LogP contribution >= 0.6 is 0 Å². The molecule has 2 aromatic carbocycles. The number of amides is 8. The molecular formula is C54H78N10O8. The summed E-state index contributed by atoms with van der Waals surface area (Å²) in [6.45, 7) is 14.3. The molecule has 2 saturated heterocycles. The molecule has 2 fully saturated rings. The van der Waals surface area contributed by atoms with Crippen molar-refractivity contribution in [2.75, 3.05) is 27.2 Å². The van der Waals surface area contributed by atoms with Gasteiger partial charge in [-0.2, -0.15) is 0 Å². The number of carbonyl (C=O) groups excluding carboxylic acids is 8. The molecule has 392 valence electrons. The van der Waals surface area contributed by atoms with Gasteiger partial charge in [0.05, 0.1) is 24.2 Å². The fourth-order valence-electron chi connectivity index (χ4n) is 10.3. The zero-order chi connectivity index (χ0) is 52.7. The lowest BCUT2D eigenvalue weighted by Gasteiger charge is -2.36. The van der Waals surface area contributed by atoms with Gasteiger partial charge in [0.1, 0.15) is 24.2 Å². The van der Waals surface area contributed by atoms with E-state index >= 15 is 0 Å². The van der Waals surface area contributed by atoms with Gasteiger partial charge in [-0.3, -0.25) is 38.4 Å². The molecule has 0 spiro atoms. The van der Waals surface area contributed by atoms with Crippen LogP contribution in [-0.4, -0.2) is 133 Å². The fourth-order valence-corrected chi connectivity index (χ4v) is 10.3. The largest absolute Gasteiger partial charge is 0.348 e. The maximum Gasteiger partial charge on any atom is 0.246 e. The summed E-state index contributed by atoms with van der Waals surface area (Å²) in [7, 11) is 3.29. The summed E-state index contributed by atoms with van der Waals surface area (Å²) in [5, 5.41) is 23.7. The molecule has 18 heteroatoms. The molecule has 2 aliphatic carbocycles. The summed E-state index contributed by atoms with van der Waals surface area (Å²) in [5.41, 5.74) is 2.88. The first-order valence-electron chi connectivity index (χ1n) is 25.6. The van der Waals surface area contributed by atoms with Crippen LogP contribution in [0, 0.1) is 10.8 Å². The second-order valence-electron chi connectivity index (χ2n) is 22.2. The number of nitrogens with one attached hydrogen (secondary N) is 8. The van der Waals surface area contributed by atoms with E-state index in [-0.39, 0.29) is 61.6 Å². The van der Waals surface area contributed by atoms with Gasteiger partial charge in [-0.25, -0.2) is 0 Å². The van der Waals surface area contributed by atoms with E-state index in [1.54, 1.807) is 27.9 Å². The van der Waals surface area contributed by atoms with Crippen LogP contribution in [0.4, 0.5) is 0 Å². The van der Waals surface area contributed by atoms with E-state index in [1.807, 2.05) is 77.9 Å². The maximum absolute atomic E-state index is 14.6. The fraction of sp³-hybridized carbons (Fsp3) is 0.593. The first kappa shape index (κ1) is 55.2. The van der Waals surface area contributed by atoms with Crippen LogP contribution in [0.1, 0.15) is 128 Å². The van der Waals surface area contributed by atoms with Crippen molar-refractivity contribution >= 4 is 47.3 Å². The highest BCUT2D eigenvalue weighted by Gasteiger charge is 2.48. The van der Waals surface area contributed by atoms with Crippen LogP contribution in [0.2, 0.25) is 0 Å². The first-order valence-corrected chi connectivity index (χ1v) is 25.6. The third-order valence-corrected chi connectivity index (χ3v) is 14.7. The van der Waals surface area contributed by atoms with Crippen LogP contribution in [0.3, 0.4) is 0 Å². The van der Waals surface area contributed by atoms with Gasteiger partial charge in [-0.15, -0.1) is 0 Å². The molecular weight excluding hydrogens is 917 g/mol. The van der Waals surface area contributed by atoms with E-state index in [2.05, 4.69) is 54.7 Å². The Labute approximate surface area is 424 Å². The average Bonchev–Trinajstić information content (AvgIpc) is 3.97. The number of likely N-dealkylation sites (tertiary alicyclic amines) is 2. The van der Waals surface area contributed by atoms with Crippen molar-refractivity contribution in [3.05, 3.63) is 82.9 Å². The van der Waals surface area contributed by atoms with Gasteiger partial charge in [0.15, 0.2) is 0 Å². The second-order valence-corrected chi connectivity index (χ2v) is 22.2. The number of carbonyl (C=O) groups is 8. The topological polar surface area (TPSA) is 239 Å². The molecule has 0 unspecified atom stereocenters. The molecule has 2 aromatic rings. The Kier molecular flexibility index (Phi) is 18.1.